The number of nitrogens with one attached hydrogen (secondary N) is 2. The Hall–Kier alpha value is -2.37. The number of quaternary nitrogens is 1. The molecule has 5 heteroatoms. The number of hydrogen-bond donors (Lipinski definition) is 2. The highest BCUT2D eigenvalue weighted by molar-refractivity contribution is 5.94. The fourth-order valence-corrected chi connectivity index (χ4v) is 3.19. The van der Waals surface area contributed by atoms with E-state index in [1.54, 1.807) is 19.2 Å². The van der Waals surface area contributed by atoms with Crippen molar-refractivity contribution in [1.82, 2.24) is 5.32 Å². The lowest BCUT2D eigenvalue weighted by molar-refractivity contribution is -0.909. The summed E-state index contributed by atoms with van der Waals surface area (Å²) in [6.07, 6.45) is 0. The summed E-state index contributed by atoms with van der Waals surface area (Å²) in [4.78, 5) is 14.2. The molecule has 0 bridgehead atoms. The molecule has 2 aromatic carbocycles. The summed E-state index contributed by atoms with van der Waals surface area (Å²) in [6, 6.07) is 15.6. The number of methoxy groups -OCH3 is 1. The first kappa shape index (κ1) is 18.4. The lowest BCUT2D eigenvalue weighted by Gasteiger charge is -2.28. The van der Waals surface area contributed by atoms with Gasteiger partial charge in [-0.05, 0) is 36.8 Å². The van der Waals surface area contributed by atoms with Gasteiger partial charge in [-0.25, -0.2) is 0 Å². The largest absolute Gasteiger partial charge is 0.497 e. The first-order valence-corrected chi connectivity index (χ1v) is 9.08. The number of ether oxygens (including phenoxy) is 2. The highest BCUT2D eigenvalue weighted by Crippen LogP contribution is 2.15. The number of carbonyl (C=O) groups is 1. The Labute approximate surface area is 154 Å². The van der Waals surface area contributed by atoms with Crippen molar-refractivity contribution in [2.75, 3.05) is 40.0 Å². The van der Waals surface area contributed by atoms with E-state index in [1.807, 2.05) is 12.1 Å². The van der Waals surface area contributed by atoms with Gasteiger partial charge >= 0.3 is 0 Å². The Morgan fingerprint density at radius 3 is 2.38 bits per heavy atom. The number of aryl methyl sites for hydroxylation is 1. The quantitative estimate of drug-likeness (QED) is 0.823. The Kier molecular flexibility index (Phi) is 6.26. The molecule has 5 nitrogen and oxygen atoms in total. The summed E-state index contributed by atoms with van der Waals surface area (Å²) in [6.45, 7) is 6.43. The fourth-order valence-electron chi connectivity index (χ4n) is 3.19. The van der Waals surface area contributed by atoms with Crippen LogP contribution in [0, 0.1) is 6.92 Å². The first-order chi connectivity index (χ1) is 12.7. The number of amides is 1. The Balaban J connectivity index is 1.74. The second-order valence-electron chi connectivity index (χ2n) is 6.73. The van der Waals surface area contributed by atoms with E-state index in [1.165, 1.54) is 10.5 Å². The van der Waals surface area contributed by atoms with Crippen molar-refractivity contribution < 1.29 is 19.2 Å². The second-order valence-corrected chi connectivity index (χ2v) is 6.73. The highest BCUT2D eigenvalue weighted by Gasteiger charge is 2.23. The third-order valence-electron chi connectivity index (χ3n) is 4.83. The molecule has 0 radical (unpaired) electrons. The molecule has 26 heavy (non-hydrogen) atoms. The monoisotopic (exact) mass is 355 g/mol. The Morgan fingerprint density at radius 1 is 1.12 bits per heavy atom. The molecule has 0 saturated carbocycles. The summed E-state index contributed by atoms with van der Waals surface area (Å²) in [5.41, 5.74) is 2.99. The second kappa shape index (κ2) is 8.83. The van der Waals surface area contributed by atoms with Gasteiger partial charge in [0.25, 0.3) is 5.91 Å². The van der Waals surface area contributed by atoms with Gasteiger partial charge in [0.1, 0.15) is 31.4 Å². The predicted octanol–water partition coefficient (Wildman–Crippen LogP) is 1.39. The lowest BCUT2D eigenvalue weighted by atomic mass is 10.0. The van der Waals surface area contributed by atoms with Crippen molar-refractivity contribution in [3.05, 3.63) is 65.2 Å². The molecule has 1 heterocycles. The van der Waals surface area contributed by atoms with Crippen LogP contribution < -0.4 is 15.0 Å². The van der Waals surface area contributed by atoms with Crippen LogP contribution >= 0.6 is 0 Å². The van der Waals surface area contributed by atoms with Gasteiger partial charge in [0.2, 0.25) is 0 Å². The Bertz CT molecular complexity index is 707. The number of carbonyl (C=O) groups excluding carboxylic acids is 1. The van der Waals surface area contributed by atoms with Gasteiger partial charge < -0.3 is 19.7 Å². The zero-order valence-electron chi connectivity index (χ0n) is 15.5. The summed E-state index contributed by atoms with van der Waals surface area (Å²) in [5, 5.41) is 3.21. The molecular formula is C21H27N2O3+. The molecule has 0 unspecified atom stereocenters. The van der Waals surface area contributed by atoms with E-state index in [2.05, 4.69) is 36.5 Å². The summed E-state index contributed by atoms with van der Waals surface area (Å²) in [7, 11) is 1.62. The molecule has 1 atom stereocenters. The van der Waals surface area contributed by atoms with Gasteiger partial charge in [-0.2, -0.15) is 0 Å². The molecule has 2 N–H and O–H groups in total. The topological polar surface area (TPSA) is 52.0 Å². The van der Waals surface area contributed by atoms with Crippen molar-refractivity contribution in [3.63, 3.8) is 0 Å². The van der Waals surface area contributed by atoms with Gasteiger partial charge in [-0.3, -0.25) is 4.79 Å². The summed E-state index contributed by atoms with van der Waals surface area (Å²) < 4.78 is 10.6. The van der Waals surface area contributed by atoms with E-state index in [0.29, 0.717) is 5.56 Å². The van der Waals surface area contributed by atoms with E-state index in [4.69, 9.17) is 9.47 Å². The SMILES string of the molecule is COc1ccc(C(=O)N[C@H](C[NH+]2CCOCC2)c2ccc(C)cc2)cc1. The number of hydrogen-bond acceptors (Lipinski definition) is 3. The molecule has 1 aliphatic rings. The normalized spacial score (nSPS) is 16.1. The minimum atomic E-state index is -0.0640. The zero-order valence-corrected chi connectivity index (χ0v) is 15.5. The lowest BCUT2D eigenvalue weighted by Crippen LogP contribution is -3.14. The van der Waals surface area contributed by atoms with Crippen molar-refractivity contribution in [1.29, 1.82) is 0 Å². The smallest absolute Gasteiger partial charge is 0.251 e. The molecule has 1 amide bonds. The highest BCUT2D eigenvalue weighted by atomic mass is 16.5. The number of rotatable bonds is 6. The van der Waals surface area contributed by atoms with Crippen LogP contribution in [-0.4, -0.2) is 45.9 Å². The zero-order chi connectivity index (χ0) is 18.4. The van der Waals surface area contributed by atoms with Crippen molar-refractivity contribution >= 4 is 5.91 Å². The molecular weight excluding hydrogens is 328 g/mol. The molecule has 3 rings (SSSR count). The Morgan fingerprint density at radius 2 is 1.77 bits per heavy atom. The van der Waals surface area contributed by atoms with Gasteiger partial charge in [0.05, 0.1) is 20.3 Å². The maximum absolute atomic E-state index is 12.8. The molecule has 1 aliphatic heterocycles. The van der Waals surface area contributed by atoms with Crippen LogP contribution in [0.4, 0.5) is 0 Å². The molecule has 0 aliphatic carbocycles. The van der Waals surface area contributed by atoms with E-state index < -0.39 is 0 Å². The third-order valence-corrected chi connectivity index (χ3v) is 4.83. The molecule has 1 saturated heterocycles. The maximum atomic E-state index is 12.8. The number of benzene rings is 2. The van der Waals surface area contributed by atoms with Crippen molar-refractivity contribution in [2.45, 2.75) is 13.0 Å². The van der Waals surface area contributed by atoms with Gasteiger partial charge in [-0.15, -0.1) is 0 Å². The predicted molar refractivity (Wildman–Crippen MR) is 101 cm³/mol. The van der Waals surface area contributed by atoms with Crippen molar-refractivity contribution in [2.24, 2.45) is 0 Å². The molecule has 1 fully saturated rings. The minimum Gasteiger partial charge on any atom is -0.497 e. The van der Waals surface area contributed by atoms with E-state index in [9.17, 15) is 4.79 Å². The van der Waals surface area contributed by atoms with Crippen LogP contribution in [0.1, 0.15) is 27.5 Å². The molecule has 0 aromatic heterocycles. The van der Waals surface area contributed by atoms with Crippen LogP contribution in [0.3, 0.4) is 0 Å². The average Bonchev–Trinajstić information content (AvgIpc) is 2.69. The van der Waals surface area contributed by atoms with Crippen LogP contribution in [0.25, 0.3) is 0 Å². The van der Waals surface area contributed by atoms with Crippen LogP contribution in [0.2, 0.25) is 0 Å². The minimum absolute atomic E-state index is 0.0294. The summed E-state index contributed by atoms with van der Waals surface area (Å²) in [5.74, 6) is 0.681. The van der Waals surface area contributed by atoms with Gasteiger partial charge in [0, 0.05) is 5.56 Å². The van der Waals surface area contributed by atoms with Crippen LogP contribution in [-0.2, 0) is 4.74 Å². The maximum Gasteiger partial charge on any atom is 0.251 e. The van der Waals surface area contributed by atoms with Crippen LogP contribution in [0.5, 0.6) is 5.75 Å². The fraction of sp³-hybridized carbons (Fsp3) is 0.381. The van der Waals surface area contributed by atoms with Gasteiger partial charge in [0.15, 0.2) is 0 Å². The van der Waals surface area contributed by atoms with E-state index >= 15 is 0 Å². The first-order valence-electron chi connectivity index (χ1n) is 9.08. The number of morpholine rings is 1. The van der Waals surface area contributed by atoms with Gasteiger partial charge in [-0.1, -0.05) is 29.8 Å². The molecule has 138 valence electrons. The van der Waals surface area contributed by atoms with Crippen LogP contribution in [0.15, 0.2) is 48.5 Å². The third kappa shape index (κ3) is 4.84. The summed E-state index contributed by atoms with van der Waals surface area (Å²) >= 11 is 0. The average molecular weight is 355 g/mol. The molecule has 2 aromatic rings. The van der Waals surface area contributed by atoms with Crippen molar-refractivity contribution in [3.8, 4) is 5.75 Å². The van der Waals surface area contributed by atoms with E-state index in [-0.39, 0.29) is 11.9 Å². The van der Waals surface area contributed by atoms with E-state index in [0.717, 1.165) is 44.2 Å². The standard InChI is InChI=1S/C21H26N2O3/c1-16-3-5-17(6-4-16)20(15-23-11-13-26-14-12-23)22-21(24)18-7-9-19(25-2)10-8-18/h3-10,20H,11-15H2,1-2H3,(H,22,24)/p+1/t20-/m1/s1. The molecule has 0 spiro atoms.